The van der Waals surface area contributed by atoms with Crippen molar-refractivity contribution in [1.29, 1.82) is 0 Å². The third-order valence-corrected chi connectivity index (χ3v) is 6.14. The van der Waals surface area contributed by atoms with Crippen LogP contribution in [0.15, 0.2) is 36.4 Å². The first-order valence-electron chi connectivity index (χ1n) is 10.2. The first-order chi connectivity index (χ1) is 14.4. The van der Waals surface area contributed by atoms with Crippen LogP contribution < -0.4 is 10.1 Å². The number of ether oxygens (including phenoxy) is 1. The molecular weight excluding hydrogens is 378 g/mol. The molecule has 0 saturated heterocycles. The molecule has 6 nitrogen and oxygen atoms in total. The number of carbonyl (C=O) groups excluding carboxylic acids is 2. The van der Waals surface area contributed by atoms with Gasteiger partial charge in [-0.2, -0.15) is 0 Å². The molecule has 2 amide bonds. The number of aromatic nitrogens is 1. The summed E-state index contributed by atoms with van der Waals surface area (Å²) in [7, 11) is 1.67. The highest BCUT2D eigenvalue weighted by molar-refractivity contribution is 5.88. The average Bonchev–Trinajstić information content (AvgIpc) is 3.12. The minimum Gasteiger partial charge on any atom is -0.496 e. The number of fused-ring (bicyclic) bond motifs is 3. The molecule has 0 spiro atoms. The number of carbonyl (C=O) groups is 2. The lowest BCUT2D eigenvalue weighted by molar-refractivity contribution is -0.134. The van der Waals surface area contributed by atoms with Crippen LogP contribution in [0.1, 0.15) is 40.9 Å². The number of rotatable bonds is 4. The normalized spacial score (nSPS) is 15.7. The summed E-state index contributed by atoms with van der Waals surface area (Å²) >= 11 is 0. The molecule has 30 heavy (non-hydrogen) atoms. The van der Waals surface area contributed by atoms with Crippen LogP contribution >= 0.6 is 0 Å². The van der Waals surface area contributed by atoms with E-state index in [0.717, 1.165) is 40.1 Å². The van der Waals surface area contributed by atoms with Gasteiger partial charge in [0, 0.05) is 30.1 Å². The van der Waals surface area contributed by atoms with Crippen molar-refractivity contribution in [3.05, 3.63) is 64.3 Å². The van der Waals surface area contributed by atoms with Gasteiger partial charge in [-0.15, -0.1) is 0 Å². The van der Waals surface area contributed by atoms with Gasteiger partial charge < -0.3 is 19.9 Å². The van der Waals surface area contributed by atoms with Crippen molar-refractivity contribution >= 4 is 22.7 Å². The molecule has 1 aliphatic heterocycles. The maximum atomic E-state index is 13.1. The number of H-pyrrole nitrogens is 1. The number of benzene rings is 2. The molecule has 3 aromatic rings. The van der Waals surface area contributed by atoms with E-state index in [1.54, 1.807) is 7.11 Å². The van der Waals surface area contributed by atoms with Gasteiger partial charge in [-0.1, -0.05) is 24.3 Å². The number of methoxy groups -OCH3 is 1. The zero-order chi connectivity index (χ0) is 21.4. The average molecular weight is 405 g/mol. The maximum Gasteiger partial charge on any atom is 0.242 e. The van der Waals surface area contributed by atoms with Crippen LogP contribution in [0.25, 0.3) is 10.9 Å². The number of hydrogen-bond donors (Lipinski definition) is 2. The summed E-state index contributed by atoms with van der Waals surface area (Å²) in [4.78, 5) is 29.9. The van der Waals surface area contributed by atoms with Gasteiger partial charge >= 0.3 is 0 Å². The Kier molecular flexibility index (Phi) is 5.24. The van der Waals surface area contributed by atoms with E-state index in [1.807, 2.05) is 36.1 Å². The molecule has 2 aromatic carbocycles. The molecule has 0 unspecified atom stereocenters. The fraction of sp³-hybridized carbons (Fsp3) is 0.333. The Morgan fingerprint density at radius 2 is 1.93 bits per heavy atom. The smallest absolute Gasteiger partial charge is 0.242 e. The largest absolute Gasteiger partial charge is 0.496 e. The SMILES string of the molecule is COc1ccc([C@H]2c3[nH]c4ccccc4c3CCN2C(=O)CNC(C)=O)c(C)c1C. The molecule has 0 fully saturated rings. The van der Waals surface area contributed by atoms with Gasteiger partial charge in [0.2, 0.25) is 11.8 Å². The van der Waals surface area contributed by atoms with Gasteiger partial charge in [0.05, 0.1) is 19.7 Å². The van der Waals surface area contributed by atoms with E-state index in [1.165, 1.54) is 17.9 Å². The van der Waals surface area contributed by atoms with Gasteiger partial charge in [-0.3, -0.25) is 9.59 Å². The number of aromatic amines is 1. The highest BCUT2D eigenvalue weighted by atomic mass is 16.5. The lowest BCUT2D eigenvalue weighted by Crippen LogP contribution is -2.45. The second-order valence-corrected chi connectivity index (χ2v) is 7.82. The number of nitrogens with one attached hydrogen (secondary N) is 2. The fourth-order valence-electron chi connectivity index (χ4n) is 4.47. The molecule has 1 aromatic heterocycles. The molecular formula is C24H27N3O3. The summed E-state index contributed by atoms with van der Waals surface area (Å²) in [5.74, 6) is 0.534. The highest BCUT2D eigenvalue weighted by Gasteiger charge is 2.35. The van der Waals surface area contributed by atoms with Crippen LogP contribution in [0.2, 0.25) is 0 Å². The molecule has 6 heteroatoms. The second kappa shape index (κ2) is 7.86. The number of para-hydroxylation sites is 1. The molecule has 1 aliphatic rings. The molecule has 2 N–H and O–H groups in total. The first kappa shape index (κ1) is 20.0. The summed E-state index contributed by atoms with van der Waals surface area (Å²) in [6.45, 7) is 6.13. The Bertz CT molecular complexity index is 1130. The van der Waals surface area contributed by atoms with Crippen molar-refractivity contribution in [2.75, 3.05) is 20.2 Å². The van der Waals surface area contributed by atoms with Crippen LogP contribution in [-0.4, -0.2) is 41.9 Å². The maximum absolute atomic E-state index is 13.1. The fourth-order valence-corrected chi connectivity index (χ4v) is 4.47. The van der Waals surface area contributed by atoms with E-state index in [-0.39, 0.29) is 24.4 Å². The highest BCUT2D eigenvalue weighted by Crippen LogP contribution is 2.41. The van der Waals surface area contributed by atoms with E-state index < -0.39 is 0 Å². The zero-order valence-electron chi connectivity index (χ0n) is 17.8. The van der Waals surface area contributed by atoms with Crippen LogP contribution in [-0.2, 0) is 16.0 Å². The van der Waals surface area contributed by atoms with Crippen LogP contribution in [0.4, 0.5) is 0 Å². The van der Waals surface area contributed by atoms with E-state index in [4.69, 9.17) is 4.74 Å². The summed E-state index contributed by atoms with van der Waals surface area (Å²) in [5.41, 5.74) is 6.61. The van der Waals surface area contributed by atoms with Gasteiger partial charge in [0.1, 0.15) is 5.75 Å². The first-order valence-corrected chi connectivity index (χ1v) is 10.2. The number of hydrogen-bond acceptors (Lipinski definition) is 3. The molecule has 0 aliphatic carbocycles. The van der Waals surface area contributed by atoms with Crippen molar-refractivity contribution in [1.82, 2.24) is 15.2 Å². The van der Waals surface area contributed by atoms with Crippen LogP contribution in [0.5, 0.6) is 5.75 Å². The number of amides is 2. The second-order valence-electron chi connectivity index (χ2n) is 7.82. The van der Waals surface area contributed by atoms with E-state index in [9.17, 15) is 9.59 Å². The molecule has 0 bridgehead atoms. The van der Waals surface area contributed by atoms with E-state index >= 15 is 0 Å². The topological polar surface area (TPSA) is 74.4 Å². The summed E-state index contributed by atoms with van der Waals surface area (Å²) < 4.78 is 5.49. The van der Waals surface area contributed by atoms with Crippen LogP contribution in [0, 0.1) is 13.8 Å². The summed E-state index contributed by atoms with van der Waals surface area (Å²) in [6, 6.07) is 12.0. The number of nitrogens with zero attached hydrogens (tertiary/aromatic N) is 1. The standard InChI is InChI=1S/C24H27N3O3/c1-14-15(2)21(30-4)10-9-17(14)24-23-19(18-7-5-6-8-20(18)26-23)11-12-27(24)22(29)13-25-16(3)28/h5-10,24,26H,11-13H2,1-4H3,(H,25,28)/t24-/m0/s1. The van der Waals surface area contributed by atoms with Crippen molar-refractivity contribution in [2.24, 2.45) is 0 Å². The minimum absolute atomic E-state index is 0.00439. The molecule has 0 saturated carbocycles. The lowest BCUT2D eigenvalue weighted by Gasteiger charge is -2.37. The Labute approximate surface area is 176 Å². The van der Waals surface area contributed by atoms with Gasteiger partial charge in [-0.05, 0) is 54.7 Å². The van der Waals surface area contributed by atoms with Gasteiger partial charge in [-0.25, -0.2) is 0 Å². The third kappa shape index (κ3) is 3.32. The van der Waals surface area contributed by atoms with Gasteiger partial charge in [0.25, 0.3) is 0 Å². The van der Waals surface area contributed by atoms with Crippen molar-refractivity contribution < 1.29 is 14.3 Å². The van der Waals surface area contributed by atoms with E-state index in [0.29, 0.717) is 6.54 Å². The Hall–Kier alpha value is -3.28. The minimum atomic E-state index is -0.244. The Morgan fingerprint density at radius 3 is 2.67 bits per heavy atom. The molecule has 2 heterocycles. The predicted octanol–water partition coefficient (Wildman–Crippen LogP) is 3.40. The molecule has 0 radical (unpaired) electrons. The van der Waals surface area contributed by atoms with Gasteiger partial charge in [0.15, 0.2) is 0 Å². The van der Waals surface area contributed by atoms with Crippen LogP contribution in [0.3, 0.4) is 0 Å². The van der Waals surface area contributed by atoms with Crippen molar-refractivity contribution in [3.63, 3.8) is 0 Å². The Balaban J connectivity index is 1.86. The summed E-state index contributed by atoms with van der Waals surface area (Å²) in [5, 5.41) is 3.85. The van der Waals surface area contributed by atoms with Crippen molar-refractivity contribution in [2.45, 2.75) is 33.2 Å². The quantitative estimate of drug-likeness (QED) is 0.699. The Morgan fingerprint density at radius 1 is 1.17 bits per heavy atom. The zero-order valence-corrected chi connectivity index (χ0v) is 17.8. The third-order valence-electron chi connectivity index (χ3n) is 6.14. The van der Waals surface area contributed by atoms with E-state index in [2.05, 4.69) is 29.4 Å². The van der Waals surface area contributed by atoms with Crippen molar-refractivity contribution in [3.8, 4) is 5.75 Å². The molecule has 156 valence electrons. The monoisotopic (exact) mass is 405 g/mol. The summed E-state index contributed by atoms with van der Waals surface area (Å²) in [6.07, 6.45) is 0.774. The molecule has 4 rings (SSSR count). The predicted molar refractivity (Wildman–Crippen MR) is 117 cm³/mol. The lowest BCUT2D eigenvalue weighted by atomic mass is 9.88. The molecule has 1 atom stereocenters.